The molecule has 5 nitrogen and oxygen atoms in total. The van der Waals surface area contributed by atoms with Crippen molar-refractivity contribution in [1.82, 2.24) is 20.2 Å². The Hall–Kier alpha value is -3.61. The smallest absolute Gasteiger partial charge is 0.181 e. The van der Waals surface area contributed by atoms with Crippen molar-refractivity contribution in [3.8, 4) is 0 Å². The average molecular weight is 377 g/mol. The molecule has 4 aromatic rings. The van der Waals surface area contributed by atoms with E-state index in [1.807, 2.05) is 43.3 Å². The number of aromatic amines is 1. The molecule has 7 heteroatoms. The van der Waals surface area contributed by atoms with Crippen LogP contribution in [0.4, 0.5) is 14.5 Å². The molecule has 2 N–H and O–H groups in total. The van der Waals surface area contributed by atoms with Crippen molar-refractivity contribution in [1.29, 1.82) is 0 Å². The van der Waals surface area contributed by atoms with Gasteiger partial charge in [0.2, 0.25) is 0 Å². The predicted molar refractivity (Wildman–Crippen MR) is 105 cm³/mol. The topological polar surface area (TPSA) is 66.5 Å². The van der Waals surface area contributed by atoms with Crippen LogP contribution in [0.2, 0.25) is 0 Å². The van der Waals surface area contributed by atoms with Crippen LogP contribution >= 0.6 is 0 Å². The van der Waals surface area contributed by atoms with Gasteiger partial charge in [-0.25, -0.2) is 13.8 Å². The van der Waals surface area contributed by atoms with E-state index in [2.05, 4.69) is 25.5 Å². The van der Waals surface area contributed by atoms with Crippen molar-refractivity contribution in [2.75, 3.05) is 5.32 Å². The van der Waals surface area contributed by atoms with Crippen molar-refractivity contribution in [3.05, 3.63) is 83.4 Å². The zero-order valence-corrected chi connectivity index (χ0v) is 15.0. The van der Waals surface area contributed by atoms with Crippen LogP contribution in [0, 0.1) is 11.6 Å². The van der Waals surface area contributed by atoms with Gasteiger partial charge in [0.1, 0.15) is 11.6 Å². The number of rotatable bonds is 5. The van der Waals surface area contributed by atoms with Gasteiger partial charge in [0.05, 0.1) is 23.3 Å². The van der Waals surface area contributed by atoms with Crippen LogP contribution in [-0.2, 0) is 0 Å². The summed E-state index contributed by atoms with van der Waals surface area (Å²) >= 11 is 0. The summed E-state index contributed by atoms with van der Waals surface area (Å²) in [5.41, 5.74) is 3.43. The number of pyridine rings is 2. The third-order valence-electron chi connectivity index (χ3n) is 4.32. The third kappa shape index (κ3) is 3.88. The van der Waals surface area contributed by atoms with Gasteiger partial charge in [-0.1, -0.05) is 6.07 Å². The summed E-state index contributed by atoms with van der Waals surface area (Å²) in [5, 5.41) is 11.2. The van der Waals surface area contributed by atoms with Crippen molar-refractivity contribution < 1.29 is 8.78 Å². The zero-order valence-electron chi connectivity index (χ0n) is 15.0. The summed E-state index contributed by atoms with van der Waals surface area (Å²) in [5.74, 6) is -1.21. The fourth-order valence-corrected chi connectivity index (χ4v) is 2.93. The van der Waals surface area contributed by atoms with Gasteiger partial charge in [0, 0.05) is 23.7 Å². The van der Waals surface area contributed by atoms with E-state index in [9.17, 15) is 8.78 Å². The minimum Gasteiger partial charge on any atom is -0.377 e. The van der Waals surface area contributed by atoms with Crippen LogP contribution in [0.1, 0.15) is 29.9 Å². The number of fused-ring (bicyclic) bond motifs is 1. The fourth-order valence-electron chi connectivity index (χ4n) is 2.93. The van der Waals surface area contributed by atoms with Gasteiger partial charge in [-0.2, -0.15) is 5.10 Å². The van der Waals surface area contributed by atoms with Gasteiger partial charge in [-0.05, 0) is 55.0 Å². The molecule has 1 unspecified atom stereocenters. The third-order valence-corrected chi connectivity index (χ3v) is 4.32. The largest absolute Gasteiger partial charge is 0.377 e. The van der Waals surface area contributed by atoms with Crippen molar-refractivity contribution in [2.45, 2.75) is 13.0 Å². The molecule has 1 aromatic carbocycles. The lowest BCUT2D eigenvalue weighted by Crippen LogP contribution is -2.07. The Bertz CT molecular complexity index is 1120. The molecule has 140 valence electrons. The van der Waals surface area contributed by atoms with E-state index in [1.54, 1.807) is 12.4 Å². The summed E-state index contributed by atoms with van der Waals surface area (Å²) in [6.07, 6.45) is 7.13. The van der Waals surface area contributed by atoms with Gasteiger partial charge in [0.25, 0.3) is 0 Å². The number of hydrogen-bond acceptors (Lipinski definition) is 4. The molecule has 0 saturated heterocycles. The Labute approximate surface area is 160 Å². The Balaban J connectivity index is 1.59. The van der Waals surface area contributed by atoms with Gasteiger partial charge in [0.15, 0.2) is 5.65 Å². The number of benzene rings is 1. The number of H-pyrrole nitrogens is 1. The maximum absolute atomic E-state index is 13.5. The summed E-state index contributed by atoms with van der Waals surface area (Å²) in [6, 6.07) is 10.8. The Morgan fingerprint density at radius 2 is 1.86 bits per heavy atom. The Morgan fingerprint density at radius 1 is 1.04 bits per heavy atom. The first kappa shape index (κ1) is 17.8. The molecule has 0 aliphatic heterocycles. The highest BCUT2D eigenvalue weighted by atomic mass is 19.1. The molecule has 1 atom stereocenters. The summed E-state index contributed by atoms with van der Waals surface area (Å²) < 4.78 is 26.9. The van der Waals surface area contributed by atoms with Gasteiger partial charge in [-0.15, -0.1) is 0 Å². The second-order valence-corrected chi connectivity index (χ2v) is 6.39. The van der Waals surface area contributed by atoms with E-state index < -0.39 is 11.6 Å². The molecular formula is C21H17F2N5. The number of hydrogen-bond donors (Lipinski definition) is 2. The van der Waals surface area contributed by atoms with Gasteiger partial charge >= 0.3 is 0 Å². The van der Waals surface area contributed by atoms with Crippen molar-refractivity contribution in [2.24, 2.45) is 0 Å². The molecule has 0 radical (unpaired) electrons. The number of nitrogens with one attached hydrogen (secondary N) is 2. The van der Waals surface area contributed by atoms with Gasteiger partial charge in [-0.3, -0.25) is 10.1 Å². The summed E-state index contributed by atoms with van der Waals surface area (Å²) in [6.45, 7) is 1.83. The van der Waals surface area contributed by atoms with Crippen LogP contribution in [0.5, 0.6) is 0 Å². The van der Waals surface area contributed by atoms with Crippen LogP contribution < -0.4 is 5.32 Å². The normalized spacial score (nSPS) is 12.5. The standard InChI is InChI=1S/C21H17F2N5/c1-13(14-8-15(22)10-16(23)9-14)26-18-11-19-20(27-28-21(19)25-12-18)6-5-17-4-2-3-7-24-17/h2-13,26H,1H3,(H,25,27,28). The molecule has 0 bridgehead atoms. The molecule has 3 heterocycles. The van der Waals surface area contributed by atoms with Crippen molar-refractivity contribution in [3.63, 3.8) is 0 Å². The molecule has 28 heavy (non-hydrogen) atoms. The second-order valence-electron chi connectivity index (χ2n) is 6.39. The fraction of sp³-hybridized carbons (Fsp3) is 0.0952. The molecule has 0 aliphatic carbocycles. The molecule has 0 saturated carbocycles. The number of halogens is 2. The SMILES string of the molecule is CC(Nc1cnc2n[nH]c(C=Cc3ccccn3)c2c1)c1cc(F)cc(F)c1. The maximum Gasteiger partial charge on any atom is 0.181 e. The predicted octanol–water partition coefficient (Wildman–Crippen LogP) is 4.97. The highest BCUT2D eigenvalue weighted by molar-refractivity contribution is 5.88. The van der Waals surface area contributed by atoms with Crippen LogP contribution in [-0.4, -0.2) is 20.2 Å². The van der Waals surface area contributed by atoms with Crippen LogP contribution in [0.3, 0.4) is 0 Å². The van der Waals surface area contributed by atoms with E-state index in [1.165, 1.54) is 12.1 Å². The minimum absolute atomic E-state index is 0.302. The molecule has 0 spiro atoms. The maximum atomic E-state index is 13.5. The highest BCUT2D eigenvalue weighted by Crippen LogP contribution is 2.24. The quantitative estimate of drug-likeness (QED) is 0.515. The van der Waals surface area contributed by atoms with Crippen LogP contribution in [0.15, 0.2) is 54.9 Å². The number of aromatic nitrogens is 4. The Kier molecular flexibility index (Phi) is 4.80. The zero-order chi connectivity index (χ0) is 19.5. The lowest BCUT2D eigenvalue weighted by atomic mass is 10.1. The molecule has 0 fully saturated rings. The van der Waals surface area contributed by atoms with Crippen LogP contribution in [0.25, 0.3) is 23.2 Å². The number of anilines is 1. The highest BCUT2D eigenvalue weighted by Gasteiger charge is 2.11. The first-order chi connectivity index (χ1) is 13.6. The van der Waals surface area contributed by atoms with E-state index in [4.69, 9.17) is 0 Å². The Morgan fingerprint density at radius 3 is 2.61 bits per heavy atom. The summed E-state index contributed by atoms with van der Waals surface area (Å²) in [7, 11) is 0. The average Bonchev–Trinajstić information content (AvgIpc) is 3.09. The van der Waals surface area contributed by atoms with E-state index in [0.717, 1.165) is 28.5 Å². The van der Waals surface area contributed by atoms with E-state index >= 15 is 0 Å². The lowest BCUT2D eigenvalue weighted by molar-refractivity contribution is 0.577. The minimum atomic E-state index is -0.603. The monoisotopic (exact) mass is 377 g/mol. The lowest BCUT2D eigenvalue weighted by Gasteiger charge is -2.15. The van der Waals surface area contributed by atoms with Crippen molar-refractivity contribution >= 4 is 28.9 Å². The molecule has 0 aliphatic rings. The summed E-state index contributed by atoms with van der Waals surface area (Å²) in [4.78, 5) is 8.59. The first-order valence-corrected chi connectivity index (χ1v) is 8.74. The number of nitrogens with zero attached hydrogens (tertiary/aromatic N) is 3. The first-order valence-electron chi connectivity index (χ1n) is 8.74. The molecular weight excluding hydrogens is 360 g/mol. The van der Waals surface area contributed by atoms with E-state index in [0.29, 0.717) is 11.2 Å². The molecule has 0 amide bonds. The molecule has 3 aromatic heterocycles. The van der Waals surface area contributed by atoms with E-state index in [-0.39, 0.29) is 6.04 Å². The molecule has 4 rings (SSSR count). The van der Waals surface area contributed by atoms with Gasteiger partial charge < -0.3 is 5.32 Å². The second kappa shape index (κ2) is 7.56.